The maximum Gasteiger partial charge on any atom is 0.262 e. The summed E-state index contributed by atoms with van der Waals surface area (Å²) in [6, 6.07) is 3.95. The molecule has 3 rings (SSSR count). The van der Waals surface area contributed by atoms with E-state index in [1.54, 1.807) is 11.4 Å². The summed E-state index contributed by atoms with van der Waals surface area (Å²) in [6.07, 6.45) is 5.71. The van der Waals surface area contributed by atoms with Crippen LogP contribution in [0.15, 0.2) is 22.6 Å². The van der Waals surface area contributed by atoms with Gasteiger partial charge in [0.25, 0.3) is 5.56 Å². The fourth-order valence-corrected chi connectivity index (χ4v) is 3.61. The van der Waals surface area contributed by atoms with Gasteiger partial charge in [-0.1, -0.05) is 19.3 Å². The molecule has 0 saturated heterocycles. The largest absolute Gasteiger partial charge is 0.336 e. The van der Waals surface area contributed by atoms with E-state index in [9.17, 15) is 14.9 Å². The van der Waals surface area contributed by atoms with Gasteiger partial charge in [-0.05, 0) is 24.3 Å². The third kappa shape index (κ3) is 2.74. The molecule has 0 atom stereocenters. The molecule has 2 aromatic heterocycles. The van der Waals surface area contributed by atoms with E-state index < -0.39 is 5.54 Å². The third-order valence-corrected chi connectivity index (χ3v) is 4.88. The van der Waals surface area contributed by atoms with Crippen molar-refractivity contribution in [2.24, 2.45) is 0 Å². The smallest absolute Gasteiger partial charge is 0.262 e. The molecule has 1 aliphatic rings. The second-order valence-electron chi connectivity index (χ2n) is 5.62. The standard InChI is InChI=1S/C15H16N4O2S/c16-9-15(5-2-1-3-6-15)18-12(20)8-19-10-17-13-11(14(19)21)4-7-22-13/h4,7,10H,1-3,5-6,8H2,(H,18,20). The molecule has 2 heterocycles. The van der Waals surface area contributed by atoms with Crippen molar-refractivity contribution in [2.75, 3.05) is 0 Å². The van der Waals surface area contributed by atoms with Gasteiger partial charge in [0.05, 0.1) is 17.8 Å². The number of thiophene rings is 1. The average Bonchev–Trinajstić information content (AvgIpc) is 3.00. The normalized spacial score (nSPS) is 17.0. The van der Waals surface area contributed by atoms with Crippen molar-refractivity contribution in [3.63, 3.8) is 0 Å². The van der Waals surface area contributed by atoms with Crippen LogP contribution in [0.2, 0.25) is 0 Å². The number of hydrogen-bond donors (Lipinski definition) is 1. The summed E-state index contributed by atoms with van der Waals surface area (Å²) >= 11 is 1.39. The van der Waals surface area contributed by atoms with Gasteiger partial charge in [-0.2, -0.15) is 5.26 Å². The van der Waals surface area contributed by atoms with E-state index in [1.807, 2.05) is 0 Å². The second-order valence-corrected chi connectivity index (χ2v) is 6.51. The van der Waals surface area contributed by atoms with E-state index in [0.29, 0.717) is 23.1 Å². The minimum Gasteiger partial charge on any atom is -0.336 e. The Balaban J connectivity index is 1.77. The highest BCUT2D eigenvalue weighted by Crippen LogP contribution is 2.27. The first kappa shape index (κ1) is 14.7. The highest BCUT2D eigenvalue weighted by Gasteiger charge is 2.33. The number of rotatable bonds is 3. The van der Waals surface area contributed by atoms with Crippen molar-refractivity contribution in [2.45, 2.75) is 44.2 Å². The van der Waals surface area contributed by atoms with E-state index in [-0.39, 0.29) is 18.0 Å². The molecule has 1 fully saturated rings. The van der Waals surface area contributed by atoms with Crippen molar-refractivity contribution in [3.05, 3.63) is 28.1 Å². The fourth-order valence-electron chi connectivity index (χ4n) is 2.89. The number of carbonyl (C=O) groups excluding carboxylic acids is 1. The van der Waals surface area contributed by atoms with Crippen LogP contribution >= 0.6 is 11.3 Å². The van der Waals surface area contributed by atoms with E-state index in [1.165, 1.54) is 22.2 Å². The molecule has 1 N–H and O–H groups in total. The van der Waals surface area contributed by atoms with Gasteiger partial charge < -0.3 is 5.32 Å². The van der Waals surface area contributed by atoms with Gasteiger partial charge in [-0.3, -0.25) is 14.2 Å². The molecule has 1 amide bonds. The quantitative estimate of drug-likeness (QED) is 0.935. The van der Waals surface area contributed by atoms with Crippen molar-refractivity contribution in [1.29, 1.82) is 5.26 Å². The molecule has 1 aliphatic carbocycles. The lowest BCUT2D eigenvalue weighted by Crippen LogP contribution is -2.50. The number of aromatic nitrogens is 2. The molecular formula is C15H16N4O2S. The van der Waals surface area contributed by atoms with Crippen LogP contribution < -0.4 is 10.9 Å². The highest BCUT2D eigenvalue weighted by molar-refractivity contribution is 7.16. The average molecular weight is 316 g/mol. The van der Waals surface area contributed by atoms with Crippen LogP contribution in [0, 0.1) is 11.3 Å². The Morgan fingerprint density at radius 2 is 2.23 bits per heavy atom. The number of hydrogen-bond acceptors (Lipinski definition) is 5. The van der Waals surface area contributed by atoms with Crippen molar-refractivity contribution >= 4 is 27.5 Å². The molecule has 7 heteroatoms. The number of amides is 1. The SMILES string of the molecule is N#CC1(NC(=O)Cn2cnc3sccc3c2=O)CCCCC1. The number of fused-ring (bicyclic) bond motifs is 1. The number of nitrogens with one attached hydrogen (secondary N) is 1. The van der Waals surface area contributed by atoms with Crippen LogP contribution in [-0.4, -0.2) is 21.0 Å². The van der Waals surface area contributed by atoms with Crippen LogP contribution in [0.3, 0.4) is 0 Å². The lowest BCUT2D eigenvalue weighted by Gasteiger charge is -2.31. The lowest BCUT2D eigenvalue weighted by molar-refractivity contribution is -0.123. The summed E-state index contributed by atoms with van der Waals surface area (Å²) in [5.41, 5.74) is -1.00. The van der Waals surface area contributed by atoms with Gasteiger partial charge in [-0.15, -0.1) is 11.3 Å². The molecule has 0 aliphatic heterocycles. The van der Waals surface area contributed by atoms with Crippen LogP contribution in [0.5, 0.6) is 0 Å². The summed E-state index contributed by atoms with van der Waals surface area (Å²) in [4.78, 5) is 29.3. The van der Waals surface area contributed by atoms with Gasteiger partial charge in [0.15, 0.2) is 0 Å². The zero-order valence-corrected chi connectivity index (χ0v) is 12.9. The molecular weight excluding hydrogens is 300 g/mol. The van der Waals surface area contributed by atoms with E-state index in [4.69, 9.17) is 0 Å². The molecule has 1 saturated carbocycles. The first-order chi connectivity index (χ1) is 10.6. The van der Waals surface area contributed by atoms with Gasteiger partial charge in [0.2, 0.25) is 5.91 Å². The Kier molecular flexibility index (Phi) is 3.94. The number of nitrogens with zero attached hydrogens (tertiary/aromatic N) is 3. The zero-order valence-electron chi connectivity index (χ0n) is 12.0. The predicted octanol–water partition coefficient (Wildman–Crippen LogP) is 1.80. The summed E-state index contributed by atoms with van der Waals surface area (Å²) < 4.78 is 1.29. The van der Waals surface area contributed by atoms with Crippen molar-refractivity contribution < 1.29 is 4.79 Å². The van der Waals surface area contributed by atoms with E-state index >= 15 is 0 Å². The fraction of sp³-hybridized carbons (Fsp3) is 0.467. The monoisotopic (exact) mass is 316 g/mol. The number of nitriles is 1. The Bertz CT molecular complexity index is 796. The van der Waals surface area contributed by atoms with E-state index in [2.05, 4.69) is 16.4 Å². The second kappa shape index (κ2) is 5.89. The molecule has 2 aromatic rings. The Morgan fingerprint density at radius 3 is 2.95 bits per heavy atom. The minimum atomic E-state index is -0.779. The summed E-state index contributed by atoms with van der Waals surface area (Å²) in [7, 11) is 0. The topological polar surface area (TPSA) is 87.8 Å². The Hall–Kier alpha value is -2.20. The van der Waals surface area contributed by atoms with Gasteiger partial charge in [-0.25, -0.2) is 4.98 Å². The maximum absolute atomic E-state index is 12.3. The van der Waals surface area contributed by atoms with Gasteiger partial charge in [0, 0.05) is 0 Å². The lowest BCUT2D eigenvalue weighted by atomic mass is 9.83. The van der Waals surface area contributed by atoms with Crippen LogP contribution in [-0.2, 0) is 11.3 Å². The molecule has 0 bridgehead atoms. The first-order valence-electron chi connectivity index (χ1n) is 7.28. The minimum absolute atomic E-state index is 0.110. The van der Waals surface area contributed by atoms with Gasteiger partial charge >= 0.3 is 0 Å². The van der Waals surface area contributed by atoms with E-state index in [0.717, 1.165) is 19.3 Å². The Labute approximate surface area is 131 Å². The molecule has 0 aromatic carbocycles. The van der Waals surface area contributed by atoms with Gasteiger partial charge in [0.1, 0.15) is 16.9 Å². The summed E-state index contributed by atoms with van der Waals surface area (Å²) in [5, 5.41) is 14.5. The Morgan fingerprint density at radius 1 is 1.45 bits per heavy atom. The third-order valence-electron chi connectivity index (χ3n) is 4.06. The molecule has 0 radical (unpaired) electrons. The highest BCUT2D eigenvalue weighted by atomic mass is 32.1. The van der Waals surface area contributed by atoms with Crippen LogP contribution in [0.4, 0.5) is 0 Å². The molecule has 0 spiro atoms. The summed E-state index contributed by atoms with van der Waals surface area (Å²) in [5.74, 6) is -0.318. The predicted molar refractivity (Wildman–Crippen MR) is 83.5 cm³/mol. The molecule has 114 valence electrons. The zero-order chi connectivity index (χ0) is 15.6. The summed E-state index contributed by atoms with van der Waals surface area (Å²) in [6.45, 7) is -0.110. The maximum atomic E-state index is 12.3. The van der Waals surface area contributed by atoms with Crippen LogP contribution in [0.1, 0.15) is 32.1 Å². The number of carbonyl (C=O) groups is 1. The first-order valence-corrected chi connectivity index (χ1v) is 8.16. The van der Waals surface area contributed by atoms with Crippen molar-refractivity contribution in [1.82, 2.24) is 14.9 Å². The molecule has 22 heavy (non-hydrogen) atoms. The van der Waals surface area contributed by atoms with Crippen molar-refractivity contribution in [3.8, 4) is 6.07 Å². The molecule has 6 nitrogen and oxygen atoms in total. The van der Waals surface area contributed by atoms with Crippen LogP contribution in [0.25, 0.3) is 10.2 Å². The molecule has 0 unspecified atom stereocenters.